The fourth-order valence-corrected chi connectivity index (χ4v) is 4.49. The molecule has 232 valence electrons. The fourth-order valence-electron chi connectivity index (χ4n) is 4.49. The van der Waals surface area contributed by atoms with Gasteiger partial charge in [-0.15, -0.1) is 0 Å². The Kier molecular flexibility index (Phi) is 17.9. The summed E-state index contributed by atoms with van der Waals surface area (Å²) in [7, 11) is -0.447. The summed E-state index contributed by atoms with van der Waals surface area (Å²) in [4.78, 5) is 11.3. The van der Waals surface area contributed by atoms with E-state index in [9.17, 15) is 4.79 Å². The van der Waals surface area contributed by atoms with Crippen molar-refractivity contribution in [2.45, 2.75) is 114 Å². The summed E-state index contributed by atoms with van der Waals surface area (Å²) in [6.07, 6.45) is 6.95. The standard InChI is InChI=1S/C28H33BN2O3.4C2H6/c1-27(2)28(3,4)34-29(33-27)26(23-6-5-7-23)25(21-10-8-19(18-32)9-11-21)22-14-12-20(13-15-22)24(16-30)17-31;4*1-2/h8-18,23,30H,5-7,31H2,1-4H3;4*1-2H3/b24-17+,26-25+,30-16?;;;;. The van der Waals surface area contributed by atoms with Crippen molar-refractivity contribution in [2.75, 3.05) is 0 Å². The van der Waals surface area contributed by atoms with Crippen LogP contribution in [0.2, 0.25) is 0 Å². The molecule has 1 saturated heterocycles. The maximum absolute atomic E-state index is 11.3. The average molecular weight is 577 g/mol. The first-order valence-electron chi connectivity index (χ1n) is 15.9. The summed E-state index contributed by atoms with van der Waals surface area (Å²) in [5.74, 6) is 0.371. The molecule has 0 bridgehead atoms. The molecule has 4 rings (SSSR count). The van der Waals surface area contributed by atoms with Gasteiger partial charge in [0, 0.05) is 23.6 Å². The SMILES string of the molecule is CC.CC.CC.CC.CC1(C)OB(/C(=C(\c2ccc(C=O)cc2)c2ccc(/C(C=N)=C/N)cc2)C2CCC2)OC1(C)C. The molecule has 0 amide bonds. The molecule has 3 N–H and O–H groups in total. The van der Waals surface area contributed by atoms with Gasteiger partial charge in [0.2, 0.25) is 0 Å². The van der Waals surface area contributed by atoms with E-state index in [0.29, 0.717) is 17.1 Å². The first kappa shape index (κ1) is 39.0. The topological polar surface area (TPSA) is 85.4 Å². The number of benzene rings is 2. The van der Waals surface area contributed by atoms with Gasteiger partial charge in [-0.05, 0) is 74.2 Å². The highest BCUT2D eigenvalue weighted by molar-refractivity contribution is 6.56. The zero-order valence-corrected chi connectivity index (χ0v) is 28.4. The molecule has 1 saturated carbocycles. The Balaban J connectivity index is 0.00000194. The maximum Gasteiger partial charge on any atom is 0.491 e. The van der Waals surface area contributed by atoms with E-state index in [1.165, 1.54) is 18.8 Å². The third-order valence-electron chi connectivity index (χ3n) is 7.52. The lowest BCUT2D eigenvalue weighted by Crippen LogP contribution is -2.41. The van der Waals surface area contributed by atoms with E-state index >= 15 is 0 Å². The highest BCUT2D eigenvalue weighted by Gasteiger charge is 2.54. The summed E-state index contributed by atoms with van der Waals surface area (Å²) in [6, 6.07) is 15.8. The molecule has 2 fully saturated rings. The minimum absolute atomic E-state index is 0.371. The van der Waals surface area contributed by atoms with E-state index in [4.69, 9.17) is 20.5 Å². The third kappa shape index (κ3) is 9.27. The van der Waals surface area contributed by atoms with Gasteiger partial charge < -0.3 is 20.5 Å². The van der Waals surface area contributed by atoms with Gasteiger partial charge in [-0.2, -0.15) is 0 Å². The summed E-state index contributed by atoms with van der Waals surface area (Å²) in [6.45, 7) is 24.3. The molecule has 2 aromatic carbocycles. The summed E-state index contributed by atoms with van der Waals surface area (Å²) in [5.41, 5.74) is 11.3. The number of nitrogens with two attached hydrogens (primary N) is 1. The highest BCUT2D eigenvalue weighted by atomic mass is 16.7. The molecule has 0 spiro atoms. The van der Waals surface area contributed by atoms with Crippen LogP contribution >= 0.6 is 0 Å². The first-order valence-corrected chi connectivity index (χ1v) is 15.9. The number of hydrogen-bond acceptors (Lipinski definition) is 5. The number of nitrogens with one attached hydrogen (secondary N) is 1. The lowest BCUT2D eigenvalue weighted by atomic mass is 9.60. The second kappa shape index (κ2) is 19.3. The number of carbonyl (C=O) groups excluding carboxylic acids is 1. The van der Waals surface area contributed by atoms with Crippen LogP contribution in [-0.4, -0.2) is 30.8 Å². The Labute approximate surface area is 257 Å². The molecule has 2 aromatic rings. The van der Waals surface area contributed by atoms with Crippen LogP contribution in [-0.2, 0) is 9.31 Å². The zero-order chi connectivity index (χ0) is 32.5. The van der Waals surface area contributed by atoms with Gasteiger partial charge in [-0.1, -0.05) is 110 Å². The number of aldehydes is 1. The largest absolute Gasteiger partial charge is 0.491 e. The summed E-state index contributed by atoms with van der Waals surface area (Å²) in [5, 5.41) is 7.61. The van der Waals surface area contributed by atoms with Crippen molar-refractivity contribution in [1.29, 1.82) is 5.41 Å². The maximum atomic E-state index is 11.3. The van der Waals surface area contributed by atoms with E-state index < -0.39 is 18.3 Å². The van der Waals surface area contributed by atoms with E-state index in [1.54, 1.807) is 0 Å². The molecule has 42 heavy (non-hydrogen) atoms. The molecule has 1 heterocycles. The monoisotopic (exact) mass is 576 g/mol. The van der Waals surface area contributed by atoms with Crippen LogP contribution in [0.1, 0.15) is 129 Å². The quantitative estimate of drug-likeness (QED) is 0.195. The molecule has 5 nitrogen and oxygen atoms in total. The predicted octanol–water partition coefficient (Wildman–Crippen LogP) is 9.79. The van der Waals surface area contributed by atoms with E-state index in [1.807, 2.05) is 91.8 Å². The van der Waals surface area contributed by atoms with Gasteiger partial charge in [0.05, 0.1) is 11.2 Å². The van der Waals surface area contributed by atoms with Crippen molar-refractivity contribution >= 4 is 30.8 Å². The van der Waals surface area contributed by atoms with Crippen molar-refractivity contribution in [3.8, 4) is 0 Å². The van der Waals surface area contributed by atoms with Crippen molar-refractivity contribution in [1.82, 2.24) is 0 Å². The van der Waals surface area contributed by atoms with Gasteiger partial charge in [-0.3, -0.25) is 4.79 Å². The molecule has 0 atom stereocenters. The highest BCUT2D eigenvalue weighted by Crippen LogP contribution is 2.47. The Morgan fingerprint density at radius 1 is 0.786 bits per heavy atom. The van der Waals surface area contributed by atoms with Crippen LogP contribution in [0.4, 0.5) is 0 Å². The number of allylic oxidation sites excluding steroid dienone is 2. The molecular formula is C36H57BN2O3. The molecule has 1 aliphatic heterocycles. The normalized spacial score (nSPS) is 17.1. The third-order valence-corrected chi connectivity index (χ3v) is 7.52. The second-order valence-corrected chi connectivity index (χ2v) is 10.1. The average Bonchev–Trinajstić information content (AvgIpc) is 3.23. The fraction of sp³-hybridized carbons (Fsp3) is 0.500. The first-order chi connectivity index (χ1) is 20.2. The van der Waals surface area contributed by atoms with Crippen LogP contribution in [0.15, 0.2) is 60.2 Å². The lowest BCUT2D eigenvalue weighted by molar-refractivity contribution is 0.00578. The van der Waals surface area contributed by atoms with Crippen LogP contribution in [0.25, 0.3) is 11.1 Å². The molecule has 2 aliphatic rings. The molecular weight excluding hydrogens is 519 g/mol. The van der Waals surface area contributed by atoms with E-state index in [2.05, 4.69) is 39.8 Å². The van der Waals surface area contributed by atoms with Crippen molar-refractivity contribution in [2.24, 2.45) is 11.7 Å². The van der Waals surface area contributed by atoms with Crippen LogP contribution in [0.5, 0.6) is 0 Å². The molecule has 1 aliphatic carbocycles. The Bertz CT molecular complexity index is 1110. The van der Waals surface area contributed by atoms with Gasteiger partial charge in [-0.25, -0.2) is 0 Å². The summed E-state index contributed by atoms with van der Waals surface area (Å²) < 4.78 is 13.1. The van der Waals surface area contributed by atoms with Crippen LogP contribution in [0.3, 0.4) is 0 Å². The smallest absolute Gasteiger partial charge is 0.404 e. The van der Waals surface area contributed by atoms with Gasteiger partial charge in [0.15, 0.2) is 0 Å². The summed E-state index contributed by atoms with van der Waals surface area (Å²) >= 11 is 0. The van der Waals surface area contributed by atoms with Crippen LogP contribution in [0, 0.1) is 11.3 Å². The minimum atomic E-state index is -0.447. The predicted molar refractivity (Wildman–Crippen MR) is 184 cm³/mol. The Morgan fingerprint density at radius 2 is 1.19 bits per heavy atom. The van der Waals surface area contributed by atoms with Gasteiger partial charge in [0.25, 0.3) is 0 Å². The number of rotatable bonds is 7. The van der Waals surface area contributed by atoms with Crippen molar-refractivity contribution in [3.63, 3.8) is 0 Å². The number of carbonyl (C=O) groups is 1. The molecule has 0 radical (unpaired) electrons. The Morgan fingerprint density at radius 3 is 1.52 bits per heavy atom. The Hall–Kier alpha value is -2.96. The minimum Gasteiger partial charge on any atom is -0.404 e. The zero-order valence-electron chi connectivity index (χ0n) is 28.4. The lowest BCUT2D eigenvalue weighted by Gasteiger charge is -2.32. The molecule has 0 unspecified atom stereocenters. The number of hydrogen-bond donors (Lipinski definition) is 2. The van der Waals surface area contributed by atoms with Crippen molar-refractivity contribution < 1.29 is 14.1 Å². The van der Waals surface area contributed by atoms with Gasteiger partial charge >= 0.3 is 7.12 Å². The second-order valence-electron chi connectivity index (χ2n) is 10.1. The van der Waals surface area contributed by atoms with Gasteiger partial charge in [0.1, 0.15) is 6.29 Å². The van der Waals surface area contributed by atoms with E-state index in [-0.39, 0.29) is 0 Å². The molecule has 0 aromatic heterocycles. The van der Waals surface area contributed by atoms with Crippen LogP contribution < -0.4 is 5.73 Å². The molecule has 6 heteroatoms. The van der Waals surface area contributed by atoms with Crippen molar-refractivity contribution in [3.05, 3.63) is 82.5 Å². The van der Waals surface area contributed by atoms with E-state index in [0.717, 1.165) is 46.9 Å².